The Hall–Kier alpha value is -2.04. The molecule has 1 aromatic carbocycles. The zero-order valence-corrected chi connectivity index (χ0v) is 15.5. The summed E-state index contributed by atoms with van der Waals surface area (Å²) in [4.78, 5) is 29.4. The number of rotatable bonds is 4. The molecule has 0 aromatic heterocycles. The largest absolute Gasteiger partial charge is 0.497 e. The first-order valence-corrected chi connectivity index (χ1v) is 9.84. The summed E-state index contributed by atoms with van der Waals surface area (Å²) in [5.74, 6) is 2.28. The Kier molecular flexibility index (Phi) is 4.88. The van der Waals surface area contributed by atoms with E-state index < -0.39 is 0 Å². The normalized spacial score (nSPS) is 26.3. The predicted molar refractivity (Wildman–Crippen MR) is 98.8 cm³/mol. The molecular formula is C21H28N2O3. The van der Waals surface area contributed by atoms with Crippen LogP contribution in [0.3, 0.4) is 0 Å². The minimum absolute atomic E-state index is 0.197. The van der Waals surface area contributed by atoms with Gasteiger partial charge in [-0.25, -0.2) is 0 Å². The molecule has 3 fully saturated rings. The average molecular weight is 356 g/mol. The highest BCUT2D eigenvalue weighted by atomic mass is 16.5. The molecule has 2 heterocycles. The van der Waals surface area contributed by atoms with Crippen molar-refractivity contribution >= 4 is 11.8 Å². The van der Waals surface area contributed by atoms with Crippen LogP contribution in [0.15, 0.2) is 24.3 Å². The van der Waals surface area contributed by atoms with E-state index in [-0.39, 0.29) is 5.91 Å². The van der Waals surface area contributed by atoms with Crippen LogP contribution in [0.4, 0.5) is 0 Å². The summed E-state index contributed by atoms with van der Waals surface area (Å²) in [6, 6.07) is 8.23. The summed E-state index contributed by atoms with van der Waals surface area (Å²) >= 11 is 0. The highest BCUT2D eigenvalue weighted by Crippen LogP contribution is 2.36. The number of fused-ring (bicyclic) bond motifs is 1. The molecule has 2 amide bonds. The maximum absolute atomic E-state index is 12.7. The number of nitrogens with zero attached hydrogens (tertiary/aromatic N) is 2. The smallest absolute Gasteiger partial charge is 0.226 e. The third-order valence-electron chi connectivity index (χ3n) is 6.24. The molecule has 5 nitrogen and oxygen atoms in total. The molecule has 3 aliphatic rings. The van der Waals surface area contributed by atoms with E-state index in [2.05, 4.69) is 4.90 Å². The Bertz CT molecular complexity index is 668. The summed E-state index contributed by atoms with van der Waals surface area (Å²) in [5.41, 5.74) is 1.02. The summed E-state index contributed by atoms with van der Waals surface area (Å²) in [6.07, 6.45) is 5.47. The molecule has 4 rings (SSSR count). The zero-order valence-electron chi connectivity index (χ0n) is 15.5. The van der Waals surface area contributed by atoms with Crippen molar-refractivity contribution in [3.8, 4) is 5.75 Å². The summed E-state index contributed by atoms with van der Waals surface area (Å²) in [5, 5.41) is 0. The Morgan fingerprint density at radius 2 is 1.81 bits per heavy atom. The highest BCUT2D eigenvalue weighted by Gasteiger charge is 2.40. The number of amides is 2. The molecule has 0 bridgehead atoms. The van der Waals surface area contributed by atoms with Crippen molar-refractivity contribution in [1.29, 1.82) is 0 Å². The fourth-order valence-electron chi connectivity index (χ4n) is 4.48. The van der Waals surface area contributed by atoms with Gasteiger partial charge in [-0.05, 0) is 55.2 Å². The fourth-order valence-corrected chi connectivity index (χ4v) is 4.48. The molecular weight excluding hydrogens is 328 g/mol. The second kappa shape index (κ2) is 7.29. The molecule has 1 aromatic rings. The van der Waals surface area contributed by atoms with Crippen molar-refractivity contribution in [2.75, 3.05) is 26.7 Å². The topological polar surface area (TPSA) is 49.9 Å². The Morgan fingerprint density at radius 1 is 1.08 bits per heavy atom. The first kappa shape index (κ1) is 17.4. The lowest BCUT2D eigenvalue weighted by Crippen LogP contribution is -2.44. The van der Waals surface area contributed by atoms with Crippen LogP contribution in [-0.2, 0) is 16.0 Å². The van der Waals surface area contributed by atoms with Crippen LogP contribution >= 0.6 is 0 Å². The standard InChI is InChI=1S/C21H28N2O3/c1-26-19-6-2-15(3-7-19)12-20(24)22-10-8-16-13-21(25)23(18-4-5-18)11-9-17(16)14-22/h2-3,6-7,16-18H,4-5,8-14H2,1H3. The van der Waals surface area contributed by atoms with Crippen molar-refractivity contribution < 1.29 is 14.3 Å². The molecule has 26 heavy (non-hydrogen) atoms. The summed E-state index contributed by atoms with van der Waals surface area (Å²) in [6.45, 7) is 2.48. The van der Waals surface area contributed by atoms with Gasteiger partial charge in [0.2, 0.25) is 11.8 Å². The minimum Gasteiger partial charge on any atom is -0.497 e. The molecule has 1 saturated carbocycles. The van der Waals surface area contributed by atoms with Gasteiger partial charge in [0.15, 0.2) is 0 Å². The van der Waals surface area contributed by atoms with E-state index in [9.17, 15) is 9.59 Å². The zero-order chi connectivity index (χ0) is 18.1. The van der Waals surface area contributed by atoms with Gasteiger partial charge in [-0.15, -0.1) is 0 Å². The van der Waals surface area contributed by atoms with Crippen LogP contribution in [0.5, 0.6) is 5.75 Å². The number of methoxy groups -OCH3 is 1. The highest BCUT2D eigenvalue weighted by molar-refractivity contribution is 5.79. The van der Waals surface area contributed by atoms with Gasteiger partial charge in [-0.2, -0.15) is 0 Å². The number of benzene rings is 1. The number of ether oxygens (including phenoxy) is 1. The molecule has 1 aliphatic carbocycles. The van der Waals surface area contributed by atoms with Crippen LogP contribution in [0.25, 0.3) is 0 Å². The van der Waals surface area contributed by atoms with Gasteiger partial charge in [0, 0.05) is 32.1 Å². The molecule has 2 saturated heterocycles. The Labute approximate surface area is 155 Å². The lowest BCUT2D eigenvalue weighted by molar-refractivity contribution is -0.133. The lowest BCUT2D eigenvalue weighted by Gasteiger charge is -2.37. The van der Waals surface area contributed by atoms with Gasteiger partial charge in [0.05, 0.1) is 13.5 Å². The van der Waals surface area contributed by atoms with Crippen molar-refractivity contribution in [3.05, 3.63) is 29.8 Å². The first-order chi connectivity index (χ1) is 12.6. The van der Waals surface area contributed by atoms with Crippen molar-refractivity contribution in [1.82, 2.24) is 9.80 Å². The van der Waals surface area contributed by atoms with Gasteiger partial charge in [-0.3, -0.25) is 9.59 Å². The number of hydrogen-bond donors (Lipinski definition) is 0. The maximum Gasteiger partial charge on any atom is 0.226 e. The van der Waals surface area contributed by atoms with E-state index in [1.807, 2.05) is 29.2 Å². The van der Waals surface area contributed by atoms with Crippen LogP contribution in [0.1, 0.15) is 37.7 Å². The molecule has 2 unspecified atom stereocenters. The maximum atomic E-state index is 12.7. The number of likely N-dealkylation sites (tertiary alicyclic amines) is 2. The molecule has 2 aliphatic heterocycles. The van der Waals surface area contributed by atoms with E-state index in [0.29, 0.717) is 36.6 Å². The SMILES string of the molecule is COc1ccc(CC(=O)N2CCC3CC(=O)N(C4CC4)CCC3C2)cc1. The number of hydrogen-bond acceptors (Lipinski definition) is 3. The van der Waals surface area contributed by atoms with Gasteiger partial charge < -0.3 is 14.5 Å². The van der Waals surface area contributed by atoms with E-state index >= 15 is 0 Å². The minimum atomic E-state index is 0.197. The summed E-state index contributed by atoms with van der Waals surface area (Å²) in [7, 11) is 1.64. The predicted octanol–water partition coefficient (Wildman–Crippen LogP) is 2.49. The number of piperidine rings is 1. The molecule has 2 atom stereocenters. The van der Waals surface area contributed by atoms with Crippen LogP contribution in [0, 0.1) is 11.8 Å². The van der Waals surface area contributed by atoms with Gasteiger partial charge in [0.1, 0.15) is 5.75 Å². The van der Waals surface area contributed by atoms with Crippen molar-refractivity contribution in [2.24, 2.45) is 11.8 Å². The van der Waals surface area contributed by atoms with E-state index in [0.717, 1.165) is 43.8 Å². The van der Waals surface area contributed by atoms with Crippen LogP contribution < -0.4 is 4.74 Å². The lowest BCUT2D eigenvalue weighted by atomic mass is 9.82. The number of carbonyl (C=O) groups excluding carboxylic acids is 2. The third-order valence-corrected chi connectivity index (χ3v) is 6.24. The van der Waals surface area contributed by atoms with Gasteiger partial charge in [-0.1, -0.05) is 12.1 Å². The third kappa shape index (κ3) is 3.71. The van der Waals surface area contributed by atoms with Crippen LogP contribution in [0.2, 0.25) is 0 Å². The summed E-state index contributed by atoms with van der Waals surface area (Å²) < 4.78 is 5.17. The van der Waals surface area contributed by atoms with Crippen molar-refractivity contribution in [2.45, 2.75) is 44.6 Å². The molecule has 140 valence electrons. The molecule has 5 heteroatoms. The Balaban J connectivity index is 1.35. The van der Waals surface area contributed by atoms with E-state index in [1.54, 1.807) is 7.11 Å². The molecule has 0 spiro atoms. The second-order valence-corrected chi connectivity index (χ2v) is 7.98. The van der Waals surface area contributed by atoms with Crippen LogP contribution in [-0.4, -0.2) is 54.4 Å². The quantitative estimate of drug-likeness (QED) is 0.833. The van der Waals surface area contributed by atoms with Gasteiger partial charge in [0.25, 0.3) is 0 Å². The molecule has 0 N–H and O–H groups in total. The Morgan fingerprint density at radius 3 is 2.50 bits per heavy atom. The monoisotopic (exact) mass is 356 g/mol. The first-order valence-electron chi connectivity index (χ1n) is 9.84. The molecule has 0 radical (unpaired) electrons. The second-order valence-electron chi connectivity index (χ2n) is 7.98. The van der Waals surface area contributed by atoms with Crippen molar-refractivity contribution in [3.63, 3.8) is 0 Å². The van der Waals surface area contributed by atoms with E-state index in [1.165, 1.54) is 12.8 Å². The van der Waals surface area contributed by atoms with Gasteiger partial charge >= 0.3 is 0 Å². The average Bonchev–Trinajstić information content (AvgIpc) is 3.48. The fraction of sp³-hybridized carbons (Fsp3) is 0.619. The number of carbonyl (C=O) groups is 2. The van der Waals surface area contributed by atoms with E-state index in [4.69, 9.17) is 4.74 Å².